The minimum absolute atomic E-state index is 0.103. The smallest absolute Gasteiger partial charge is 0.232 e. The largest absolute Gasteiger partial charge is 0.490 e. The van der Waals surface area contributed by atoms with Crippen molar-refractivity contribution in [3.63, 3.8) is 0 Å². The lowest BCUT2D eigenvalue weighted by atomic mass is 10.1. The second-order valence-electron chi connectivity index (χ2n) is 6.97. The van der Waals surface area contributed by atoms with Gasteiger partial charge in [0.2, 0.25) is 11.9 Å². The first-order valence-electron chi connectivity index (χ1n) is 9.14. The molecule has 0 unspecified atom stereocenters. The summed E-state index contributed by atoms with van der Waals surface area (Å²) in [5.41, 5.74) is 4.32. The van der Waals surface area contributed by atoms with Gasteiger partial charge in [0.15, 0.2) is 5.76 Å². The third kappa shape index (κ3) is 3.11. The monoisotopic (exact) mass is 374 g/mol. The number of H-pyrrole nitrogens is 1. The first-order chi connectivity index (χ1) is 13.6. The fraction of sp³-hybridized carbons (Fsp3) is 0.190. The molecule has 1 aliphatic heterocycles. The lowest BCUT2D eigenvalue weighted by Crippen LogP contribution is -2.15. The van der Waals surface area contributed by atoms with Crippen LogP contribution in [0.25, 0.3) is 22.4 Å². The number of aromatic nitrogens is 3. The highest BCUT2D eigenvalue weighted by Crippen LogP contribution is 2.33. The van der Waals surface area contributed by atoms with Gasteiger partial charge in [-0.1, -0.05) is 17.3 Å². The Bertz CT molecular complexity index is 1140. The number of nitrogens with one attached hydrogen (secondary N) is 2. The summed E-state index contributed by atoms with van der Waals surface area (Å²) in [6, 6.07) is 15.3. The van der Waals surface area contributed by atoms with Gasteiger partial charge in [0.05, 0.1) is 23.1 Å². The number of rotatable bonds is 4. The lowest BCUT2D eigenvalue weighted by Gasteiger charge is -2.02. The minimum Gasteiger partial charge on any atom is -0.490 e. The Kier molecular flexibility index (Phi) is 3.86. The molecule has 7 heteroatoms. The molecular weight excluding hydrogens is 356 g/mol. The van der Waals surface area contributed by atoms with E-state index in [1.807, 2.05) is 43.3 Å². The van der Waals surface area contributed by atoms with Crippen LogP contribution in [0.3, 0.4) is 0 Å². The van der Waals surface area contributed by atoms with Crippen molar-refractivity contribution in [3.8, 4) is 17.1 Å². The Morgan fingerprint density at radius 1 is 1.25 bits per heavy atom. The molecule has 5 rings (SSSR count). The normalized spacial score (nSPS) is 15.4. The molecule has 4 aromatic rings. The summed E-state index contributed by atoms with van der Waals surface area (Å²) >= 11 is 0. The van der Waals surface area contributed by atoms with Gasteiger partial charge in [-0.15, -0.1) is 0 Å². The zero-order chi connectivity index (χ0) is 19.1. The van der Waals surface area contributed by atoms with Gasteiger partial charge in [-0.25, -0.2) is 4.98 Å². The van der Waals surface area contributed by atoms with Crippen molar-refractivity contribution in [2.45, 2.75) is 25.9 Å². The number of hydrogen-bond donors (Lipinski definition) is 2. The second-order valence-corrected chi connectivity index (χ2v) is 6.97. The van der Waals surface area contributed by atoms with Crippen molar-refractivity contribution in [3.05, 3.63) is 59.8 Å². The summed E-state index contributed by atoms with van der Waals surface area (Å²) in [5.74, 6) is 1.76. The van der Waals surface area contributed by atoms with Gasteiger partial charge >= 0.3 is 0 Å². The standard InChI is InChI=1S/C21H18N4O3/c1-12-8-14-9-13(6-7-18(14)27-12)19-10-15(25-28-19)11-20(26)24-21-22-16-4-2-3-5-17(16)23-21/h2-7,9-10,12H,8,11H2,1H3,(H2,22,23,24,26)/t12-/m1/s1. The number of imidazole rings is 1. The van der Waals surface area contributed by atoms with Crippen LogP contribution in [0.5, 0.6) is 5.75 Å². The van der Waals surface area contributed by atoms with E-state index in [4.69, 9.17) is 9.26 Å². The Morgan fingerprint density at radius 3 is 3.04 bits per heavy atom. The number of nitrogens with zero attached hydrogens (tertiary/aromatic N) is 2. The van der Waals surface area contributed by atoms with Gasteiger partial charge in [-0.3, -0.25) is 10.1 Å². The Morgan fingerprint density at radius 2 is 2.14 bits per heavy atom. The number of ether oxygens (including phenoxy) is 1. The summed E-state index contributed by atoms with van der Waals surface area (Å²) in [6.07, 6.45) is 1.17. The average molecular weight is 374 g/mol. The molecule has 0 radical (unpaired) electrons. The molecule has 1 amide bonds. The highest BCUT2D eigenvalue weighted by molar-refractivity contribution is 5.92. The number of carbonyl (C=O) groups is 1. The fourth-order valence-corrected chi connectivity index (χ4v) is 3.46. The van der Waals surface area contributed by atoms with E-state index in [2.05, 4.69) is 26.5 Å². The average Bonchev–Trinajstić information content (AvgIpc) is 3.37. The quantitative estimate of drug-likeness (QED) is 0.568. The zero-order valence-corrected chi connectivity index (χ0v) is 15.2. The van der Waals surface area contributed by atoms with E-state index in [0.717, 1.165) is 34.3 Å². The molecule has 2 aromatic heterocycles. The number of para-hydroxylation sites is 2. The molecule has 0 fully saturated rings. The van der Waals surface area contributed by atoms with Crippen molar-refractivity contribution in [1.29, 1.82) is 0 Å². The topological polar surface area (TPSA) is 93.0 Å². The Labute approximate surface area is 160 Å². The van der Waals surface area contributed by atoms with Crippen molar-refractivity contribution >= 4 is 22.9 Å². The molecule has 1 aliphatic rings. The van der Waals surface area contributed by atoms with Crippen LogP contribution in [0.4, 0.5) is 5.95 Å². The molecule has 0 aliphatic carbocycles. The van der Waals surface area contributed by atoms with E-state index in [1.165, 1.54) is 0 Å². The van der Waals surface area contributed by atoms with Gasteiger partial charge in [-0.2, -0.15) is 0 Å². The van der Waals surface area contributed by atoms with Gasteiger partial charge in [0.1, 0.15) is 11.9 Å². The van der Waals surface area contributed by atoms with Crippen molar-refractivity contribution in [2.24, 2.45) is 0 Å². The summed E-state index contributed by atoms with van der Waals surface area (Å²) in [6.45, 7) is 2.05. The lowest BCUT2D eigenvalue weighted by molar-refractivity contribution is -0.115. The summed E-state index contributed by atoms with van der Waals surface area (Å²) in [7, 11) is 0. The van der Waals surface area contributed by atoms with E-state index in [0.29, 0.717) is 17.4 Å². The van der Waals surface area contributed by atoms with E-state index >= 15 is 0 Å². The molecule has 0 bridgehead atoms. The number of amides is 1. The molecule has 3 heterocycles. The molecule has 2 aromatic carbocycles. The van der Waals surface area contributed by atoms with Crippen LogP contribution in [0.1, 0.15) is 18.2 Å². The number of aromatic amines is 1. The van der Waals surface area contributed by atoms with Crippen LogP contribution in [0.15, 0.2) is 53.1 Å². The van der Waals surface area contributed by atoms with Gasteiger partial charge in [0, 0.05) is 18.1 Å². The predicted octanol–water partition coefficient (Wildman–Crippen LogP) is 3.72. The third-order valence-electron chi connectivity index (χ3n) is 4.73. The molecule has 28 heavy (non-hydrogen) atoms. The molecule has 140 valence electrons. The van der Waals surface area contributed by atoms with Crippen molar-refractivity contribution in [2.75, 3.05) is 5.32 Å². The van der Waals surface area contributed by atoms with E-state index in [1.54, 1.807) is 6.07 Å². The maximum Gasteiger partial charge on any atom is 0.232 e. The molecular formula is C21H18N4O3. The maximum absolute atomic E-state index is 12.3. The summed E-state index contributed by atoms with van der Waals surface area (Å²) < 4.78 is 11.2. The van der Waals surface area contributed by atoms with Gasteiger partial charge < -0.3 is 14.2 Å². The van der Waals surface area contributed by atoms with Gasteiger partial charge in [-0.05, 0) is 42.8 Å². The third-order valence-corrected chi connectivity index (χ3v) is 4.73. The van der Waals surface area contributed by atoms with Crippen molar-refractivity contribution in [1.82, 2.24) is 15.1 Å². The molecule has 7 nitrogen and oxygen atoms in total. The van der Waals surface area contributed by atoms with Crippen LogP contribution in [-0.4, -0.2) is 27.1 Å². The van der Waals surface area contributed by atoms with Gasteiger partial charge in [0.25, 0.3) is 0 Å². The van der Waals surface area contributed by atoms with Crippen LogP contribution < -0.4 is 10.1 Å². The molecule has 0 saturated heterocycles. The molecule has 2 N–H and O–H groups in total. The number of anilines is 1. The maximum atomic E-state index is 12.3. The predicted molar refractivity (Wildman–Crippen MR) is 104 cm³/mol. The summed E-state index contributed by atoms with van der Waals surface area (Å²) in [5, 5.41) is 6.79. The van der Waals surface area contributed by atoms with E-state index < -0.39 is 0 Å². The molecule has 0 saturated carbocycles. The Hall–Kier alpha value is -3.61. The Balaban J connectivity index is 1.28. The van der Waals surface area contributed by atoms with Crippen LogP contribution in [-0.2, 0) is 17.6 Å². The van der Waals surface area contributed by atoms with Crippen molar-refractivity contribution < 1.29 is 14.1 Å². The second kappa shape index (κ2) is 6.53. The van der Waals surface area contributed by atoms with E-state index in [-0.39, 0.29) is 18.4 Å². The SMILES string of the molecule is C[C@@H]1Cc2cc(-c3cc(CC(=O)Nc4nc5ccccc5[nH]4)no3)ccc2O1. The molecule has 0 spiro atoms. The van der Waals surface area contributed by atoms with Crippen LogP contribution >= 0.6 is 0 Å². The number of benzene rings is 2. The van der Waals surface area contributed by atoms with Crippen LogP contribution in [0.2, 0.25) is 0 Å². The highest BCUT2D eigenvalue weighted by atomic mass is 16.5. The number of hydrogen-bond acceptors (Lipinski definition) is 5. The molecule has 1 atom stereocenters. The first-order valence-corrected chi connectivity index (χ1v) is 9.14. The first kappa shape index (κ1) is 16.6. The number of fused-ring (bicyclic) bond motifs is 2. The fourth-order valence-electron chi connectivity index (χ4n) is 3.46. The van der Waals surface area contributed by atoms with Crippen LogP contribution in [0, 0.1) is 0 Å². The number of carbonyl (C=O) groups excluding carboxylic acids is 1. The van der Waals surface area contributed by atoms with E-state index in [9.17, 15) is 4.79 Å². The highest BCUT2D eigenvalue weighted by Gasteiger charge is 2.20. The zero-order valence-electron chi connectivity index (χ0n) is 15.2. The minimum atomic E-state index is -0.213. The summed E-state index contributed by atoms with van der Waals surface area (Å²) in [4.78, 5) is 19.7.